The molecule has 2 N–H and O–H groups in total. The summed E-state index contributed by atoms with van der Waals surface area (Å²) >= 11 is 4.36. The van der Waals surface area contributed by atoms with Crippen LogP contribution >= 0.6 is 34.0 Å². The van der Waals surface area contributed by atoms with Gasteiger partial charge in [-0.05, 0) is 44.0 Å². The highest BCUT2D eigenvalue weighted by Crippen LogP contribution is 2.33. The van der Waals surface area contributed by atoms with E-state index in [4.69, 9.17) is 0 Å². The van der Waals surface area contributed by atoms with E-state index in [1.807, 2.05) is 11.4 Å². The minimum Gasteiger partial charge on any atom is -0.317 e. The van der Waals surface area contributed by atoms with E-state index in [2.05, 4.69) is 28.6 Å². The number of hydrogen-bond acceptors (Lipinski definition) is 6. The van der Waals surface area contributed by atoms with E-state index in [1.165, 1.54) is 27.6 Å². The number of anilines is 2. The zero-order chi connectivity index (χ0) is 17.4. The largest absolute Gasteiger partial charge is 0.317 e. The number of amides is 2. The third-order valence-corrected chi connectivity index (χ3v) is 6.52. The number of nitrogens with one attached hydrogen (secondary N) is 2. The predicted octanol–water partition coefficient (Wildman–Crippen LogP) is 4.84. The van der Waals surface area contributed by atoms with Gasteiger partial charge in [0.05, 0.1) is 20.4 Å². The monoisotopic (exact) mass is 389 g/mol. The Hall–Kier alpha value is -2.03. The second-order valence-corrected chi connectivity index (χ2v) is 9.06. The Kier molecular flexibility index (Phi) is 4.41. The molecule has 1 aliphatic rings. The first-order valence-electron chi connectivity index (χ1n) is 7.83. The second-order valence-electron chi connectivity index (χ2n) is 5.83. The summed E-state index contributed by atoms with van der Waals surface area (Å²) in [5.41, 5.74) is 0.877. The molecule has 4 rings (SSSR count). The van der Waals surface area contributed by atoms with Gasteiger partial charge in [-0.25, -0.2) is 4.98 Å². The van der Waals surface area contributed by atoms with Crippen LogP contribution in [0.15, 0.2) is 29.6 Å². The molecule has 1 saturated carbocycles. The second kappa shape index (κ2) is 6.70. The van der Waals surface area contributed by atoms with Crippen molar-refractivity contribution >= 4 is 56.0 Å². The Bertz CT molecular complexity index is 937. The normalized spacial score (nSPS) is 13.6. The lowest BCUT2D eigenvalue weighted by Crippen LogP contribution is -2.12. The molecule has 0 radical (unpaired) electrons. The highest BCUT2D eigenvalue weighted by atomic mass is 32.1. The van der Waals surface area contributed by atoms with Crippen LogP contribution in [0.4, 0.5) is 10.1 Å². The van der Waals surface area contributed by atoms with Gasteiger partial charge in [-0.3, -0.25) is 14.9 Å². The molecule has 3 heterocycles. The molecule has 0 aromatic carbocycles. The summed E-state index contributed by atoms with van der Waals surface area (Å²) in [6.07, 6.45) is 1.92. The maximum Gasteiger partial charge on any atom is 0.267 e. The van der Waals surface area contributed by atoms with E-state index in [1.54, 1.807) is 23.5 Å². The number of thiazole rings is 1. The van der Waals surface area contributed by atoms with Gasteiger partial charge in [0.1, 0.15) is 0 Å². The average molecular weight is 390 g/mol. The lowest BCUT2D eigenvalue weighted by Gasteiger charge is -2.00. The number of carbonyl (C=O) groups excluding carboxylic acids is 2. The summed E-state index contributed by atoms with van der Waals surface area (Å²) in [7, 11) is 0. The Labute approximate surface area is 156 Å². The van der Waals surface area contributed by atoms with Crippen LogP contribution in [0.2, 0.25) is 0 Å². The SMILES string of the molecule is Cc1ccc(-c2csc(NC(=O)c3ccc(NC(=O)C4CC4)s3)n2)s1. The molecule has 128 valence electrons. The molecular formula is C17H15N3O2S3. The van der Waals surface area contributed by atoms with Crippen molar-refractivity contribution in [2.45, 2.75) is 19.8 Å². The zero-order valence-corrected chi connectivity index (χ0v) is 15.8. The van der Waals surface area contributed by atoms with Crippen LogP contribution in [0.5, 0.6) is 0 Å². The van der Waals surface area contributed by atoms with Gasteiger partial charge in [-0.1, -0.05) is 0 Å². The molecule has 0 bridgehead atoms. The van der Waals surface area contributed by atoms with E-state index in [9.17, 15) is 9.59 Å². The molecule has 0 spiro atoms. The van der Waals surface area contributed by atoms with E-state index < -0.39 is 0 Å². The molecule has 1 aliphatic carbocycles. The number of hydrogen-bond donors (Lipinski definition) is 2. The zero-order valence-electron chi connectivity index (χ0n) is 13.4. The number of rotatable bonds is 5. The number of carbonyl (C=O) groups is 2. The Morgan fingerprint density at radius 1 is 1.12 bits per heavy atom. The van der Waals surface area contributed by atoms with Crippen molar-refractivity contribution < 1.29 is 9.59 Å². The van der Waals surface area contributed by atoms with Crippen molar-refractivity contribution in [3.63, 3.8) is 0 Å². The molecule has 0 unspecified atom stereocenters. The lowest BCUT2D eigenvalue weighted by atomic mass is 10.4. The van der Waals surface area contributed by atoms with E-state index in [0.717, 1.165) is 23.4 Å². The smallest absolute Gasteiger partial charge is 0.267 e. The first-order valence-corrected chi connectivity index (χ1v) is 10.3. The van der Waals surface area contributed by atoms with Crippen LogP contribution < -0.4 is 10.6 Å². The first-order chi connectivity index (χ1) is 12.1. The van der Waals surface area contributed by atoms with Gasteiger partial charge in [0.15, 0.2) is 5.13 Å². The van der Waals surface area contributed by atoms with Crippen LogP contribution in [0.1, 0.15) is 27.4 Å². The number of nitrogens with zero attached hydrogens (tertiary/aromatic N) is 1. The van der Waals surface area contributed by atoms with Gasteiger partial charge >= 0.3 is 0 Å². The predicted molar refractivity (Wildman–Crippen MR) is 104 cm³/mol. The van der Waals surface area contributed by atoms with Crippen molar-refractivity contribution in [3.8, 4) is 10.6 Å². The maximum atomic E-state index is 12.4. The summed E-state index contributed by atoms with van der Waals surface area (Å²) in [4.78, 5) is 31.5. The molecule has 8 heteroatoms. The summed E-state index contributed by atoms with van der Waals surface area (Å²) in [5.74, 6) is -0.0150. The van der Waals surface area contributed by atoms with Crippen LogP contribution in [-0.2, 0) is 4.79 Å². The Morgan fingerprint density at radius 2 is 1.96 bits per heavy atom. The standard InChI is InChI=1S/C17H15N3O2S3/c1-9-2-5-12(24-9)11-8-23-17(18-11)20-16(22)13-6-7-14(25-13)19-15(21)10-3-4-10/h2,5-8,10H,3-4H2,1H3,(H,19,21)(H,18,20,22). The van der Waals surface area contributed by atoms with E-state index >= 15 is 0 Å². The Balaban J connectivity index is 1.41. The molecular weight excluding hydrogens is 374 g/mol. The number of thiophene rings is 2. The number of aromatic nitrogens is 1. The third kappa shape index (κ3) is 3.81. The average Bonchev–Trinajstić information content (AvgIpc) is 2.95. The van der Waals surface area contributed by atoms with Crippen LogP contribution in [0, 0.1) is 12.8 Å². The van der Waals surface area contributed by atoms with Crippen molar-refractivity contribution in [1.82, 2.24) is 4.98 Å². The van der Waals surface area contributed by atoms with Gasteiger partial charge in [-0.2, -0.15) is 0 Å². The Morgan fingerprint density at radius 3 is 2.68 bits per heavy atom. The van der Waals surface area contributed by atoms with Crippen molar-refractivity contribution in [2.24, 2.45) is 5.92 Å². The minimum absolute atomic E-state index is 0.0459. The fourth-order valence-electron chi connectivity index (χ4n) is 2.27. The molecule has 0 aliphatic heterocycles. The van der Waals surface area contributed by atoms with Gasteiger partial charge < -0.3 is 5.32 Å². The van der Waals surface area contributed by atoms with Crippen LogP contribution in [0.25, 0.3) is 10.6 Å². The molecule has 2 amide bonds. The highest BCUT2D eigenvalue weighted by molar-refractivity contribution is 7.18. The molecule has 0 atom stereocenters. The van der Waals surface area contributed by atoms with Crippen LogP contribution in [-0.4, -0.2) is 16.8 Å². The van der Waals surface area contributed by atoms with E-state index in [0.29, 0.717) is 15.0 Å². The summed E-state index contributed by atoms with van der Waals surface area (Å²) in [6, 6.07) is 7.58. The summed E-state index contributed by atoms with van der Waals surface area (Å²) in [6.45, 7) is 2.06. The minimum atomic E-state index is -0.208. The van der Waals surface area contributed by atoms with Gasteiger partial charge in [0.25, 0.3) is 5.91 Å². The van der Waals surface area contributed by atoms with Gasteiger partial charge in [0.2, 0.25) is 5.91 Å². The molecule has 25 heavy (non-hydrogen) atoms. The van der Waals surface area contributed by atoms with E-state index in [-0.39, 0.29) is 17.7 Å². The van der Waals surface area contributed by atoms with Gasteiger partial charge in [0, 0.05) is 16.2 Å². The fourth-order valence-corrected chi connectivity index (χ4v) is 4.68. The lowest BCUT2D eigenvalue weighted by molar-refractivity contribution is -0.117. The molecule has 1 fully saturated rings. The third-order valence-electron chi connectivity index (χ3n) is 3.74. The topological polar surface area (TPSA) is 71.1 Å². The van der Waals surface area contributed by atoms with Crippen LogP contribution in [0.3, 0.4) is 0 Å². The van der Waals surface area contributed by atoms with Crippen molar-refractivity contribution in [2.75, 3.05) is 10.6 Å². The molecule has 3 aromatic rings. The highest BCUT2D eigenvalue weighted by Gasteiger charge is 2.29. The first kappa shape index (κ1) is 16.4. The fraction of sp³-hybridized carbons (Fsp3) is 0.235. The number of aryl methyl sites for hydroxylation is 1. The van der Waals surface area contributed by atoms with Gasteiger partial charge in [-0.15, -0.1) is 34.0 Å². The maximum absolute atomic E-state index is 12.4. The quantitative estimate of drug-likeness (QED) is 0.656. The summed E-state index contributed by atoms with van der Waals surface area (Å²) in [5, 5.41) is 8.90. The molecule has 3 aromatic heterocycles. The summed E-state index contributed by atoms with van der Waals surface area (Å²) < 4.78 is 0. The van der Waals surface area contributed by atoms with Crippen molar-refractivity contribution in [1.29, 1.82) is 0 Å². The molecule has 5 nitrogen and oxygen atoms in total. The van der Waals surface area contributed by atoms with Crippen molar-refractivity contribution in [3.05, 3.63) is 39.4 Å². The molecule has 0 saturated heterocycles.